The average Bonchev–Trinajstić information content (AvgIpc) is 2.38. The van der Waals surface area contributed by atoms with Gasteiger partial charge in [0.25, 0.3) is 0 Å². The van der Waals surface area contributed by atoms with Crippen LogP contribution < -0.4 is 0 Å². The summed E-state index contributed by atoms with van der Waals surface area (Å²) in [5.41, 5.74) is -1.17. The number of hydrogen-bond acceptors (Lipinski definition) is 4. The summed E-state index contributed by atoms with van der Waals surface area (Å²) in [5, 5.41) is 31.7. The summed E-state index contributed by atoms with van der Waals surface area (Å²) in [6.07, 6.45) is 1.67. The second-order valence-electron chi connectivity index (χ2n) is 6.20. The Bertz CT molecular complexity index is 394. The van der Waals surface area contributed by atoms with Gasteiger partial charge in [0.2, 0.25) is 0 Å². The first kappa shape index (κ1) is 29.4. The number of carbonyl (C=O) groups is 4. The molecule has 0 rings (SSSR count). The molecule has 0 bridgehead atoms. The lowest BCUT2D eigenvalue weighted by molar-refractivity contribution is -0.146. The summed E-state index contributed by atoms with van der Waals surface area (Å²) in [5.74, 6) is -3.48. The van der Waals surface area contributed by atoms with Gasteiger partial charge in [0.05, 0.1) is 10.8 Å². The van der Waals surface area contributed by atoms with Crippen molar-refractivity contribution in [2.24, 2.45) is 10.8 Å². The van der Waals surface area contributed by atoms with E-state index in [-0.39, 0.29) is 0 Å². The fourth-order valence-corrected chi connectivity index (χ4v) is 0. The molecule has 4 N–H and O–H groups in total. The molecule has 140 valence electrons. The van der Waals surface area contributed by atoms with Gasteiger partial charge in [-0.2, -0.15) is 0 Å². The first-order valence-electron chi connectivity index (χ1n) is 6.60. The molecule has 0 unspecified atom stereocenters. The zero-order chi connectivity index (χ0) is 20.7. The Hall–Kier alpha value is -2.64. The summed E-state index contributed by atoms with van der Waals surface area (Å²) in [6, 6.07) is 0. The SMILES string of the molecule is C=CC(=O)O.C=CC(=O)O.CC(C)(C)C(=O)O.CC(C)(C)C(=O)O. The summed E-state index contributed by atoms with van der Waals surface area (Å²) in [4.78, 5) is 38.5. The molecule has 0 aromatic rings. The molecule has 0 amide bonds. The third kappa shape index (κ3) is 36.6. The minimum absolute atomic E-state index is 0.583. The maximum absolute atomic E-state index is 10.0. The second kappa shape index (κ2) is 14.0. The Morgan fingerprint density at radius 1 is 0.625 bits per heavy atom. The van der Waals surface area contributed by atoms with Crippen molar-refractivity contribution >= 4 is 23.9 Å². The van der Waals surface area contributed by atoms with Crippen LogP contribution in [0.25, 0.3) is 0 Å². The van der Waals surface area contributed by atoms with Crippen molar-refractivity contribution in [1.29, 1.82) is 0 Å². The standard InChI is InChI=1S/2C5H10O2.2C3H4O2/c2*1-5(2,3)4(6)7;2*1-2-3(4)5/h2*1-3H3,(H,6,7);2*2H,1H2,(H,4,5). The molecule has 0 aliphatic carbocycles. The van der Waals surface area contributed by atoms with Crippen molar-refractivity contribution in [1.82, 2.24) is 0 Å². The minimum atomic E-state index is -0.981. The van der Waals surface area contributed by atoms with E-state index in [4.69, 9.17) is 20.4 Å². The van der Waals surface area contributed by atoms with Crippen LogP contribution in [-0.4, -0.2) is 44.3 Å². The average molecular weight is 348 g/mol. The molecule has 0 heterocycles. The van der Waals surface area contributed by atoms with Gasteiger partial charge >= 0.3 is 23.9 Å². The molecule has 0 saturated carbocycles. The molecule has 8 nitrogen and oxygen atoms in total. The lowest BCUT2D eigenvalue weighted by atomic mass is 9.98. The number of hydrogen-bond donors (Lipinski definition) is 4. The van der Waals surface area contributed by atoms with E-state index in [9.17, 15) is 19.2 Å². The molecule has 0 radical (unpaired) electrons. The third-order valence-electron chi connectivity index (χ3n) is 1.63. The first-order chi connectivity index (χ1) is 10.4. The maximum Gasteiger partial charge on any atom is 0.327 e. The highest BCUT2D eigenvalue weighted by atomic mass is 16.4. The van der Waals surface area contributed by atoms with Crippen LogP contribution in [0, 0.1) is 10.8 Å². The molecule has 0 saturated heterocycles. The predicted octanol–water partition coefficient (Wildman–Crippen LogP) is 2.75. The molecule has 0 spiro atoms. The zero-order valence-electron chi connectivity index (χ0n) is 15.0. The molecule has 0 aliphatic heterocycles. The first-order valence-corrected chi connectivity index (χ1v) is 6.60. The molecular formula is C16H28O8. The fourth-order valence-electron chi connectivity index (χ4n) is 0. The van der Waals surface area contributed by atoms with Gasteiger partial charge in [0, 0.05) is 12.2 Å². The number of carboxylic acids is 4. The predicted molar refractivity (Wildman–Crippen MR) is 89.8 cm³/mol. The van der Waals surface area contributed by atoms with E-state index >= 15 is 0 Å². The molecule has 0 fully saturated rings. The van der Waals surface area contributed by atoms with Gasteiger partial charge in [-0.25, -0.2) is 9.59 Å². The van der Waals surface area contributed by atoms with E-state index in [1.54, 1.807) is 41.5 Å². The quantitative estimate of drug-likeness (QED) is 0.556. The Labute approximate surface area is 142 Å². The molecule has 0 aromatic carbocycles. The van der Waals surface area contributed by atoms with Gasteiger partial charge in [-0.05, 0) is 41.5 Å². The Kier molecular flexibility index (Phi) is 17.1. The fraction of sp³-hybridized carbons (Fsp3) is 0.500. The van der Waals surface area contributed by atoms with Gasteiger partial charge in [-0.3, -0.25) is 9.59 Å². The molecular weight excluding hydrogens is 320 g/mol. The molecule has 24 heavy (non-hydrogen) atoms. The van der Waals surface area contributed by atoms with Crippen LogP contribution in [0.3, 0.4) is 0 Å². The van der Waals surface area contributed by atoms with Gasteiger partial charge in [0.1, 0.15) is 0 Å². The summed E-state index contributed by atoms with van der Waals surface area (Å²) in [6.45, 7) is 15.9. The maximum atomic E-state index is 10.0. The van der Waals surface area contributed by atoms with Gasteiger partial charge in [0.15, 0.2) is 0 Å². The molecule has 0 atom stereocenters. The van der Waals surface area contributed by atoms with Crippen LogP contribution in [0.15, 0.2) is 25.3 Å². The van der Waals surface area contributed by atoms with E-state index in [2.05, 4.69) is 13.2 Å². The van der Waals surface area contributed by atoms with Crippen molar-refractivity contribution in [2.75, 3.05) is 0 Å². The van der Waals surface area contributed by atoms with Crippen molar-refractivity contribution in [2.45, 2.75) is 41.5 Å². The summed E-state index contributed by atoms with van der Waals surface area (Å²) >= 11 is 0. The van der Waals surface area contributed by atoms with Crippen molar-refractivity contribution < 1.29 is 39.6 Å². The lowest BCUT2D eigenvalue weighted by Crippen LogP contribution is -2.18. The van der Waals surface area contributed by atoms with E-state index in [1.807, 2.05) is 0 Å². The van der Waals surface area contributed by atoms with Crippen LogP contribution in [0.1, 0.15) is 41.5 Å². The van der Waals surface area contributed by atoms with Gasteiger partial charge in [-0.15, -0.1) is 0 Å². The van der Waals surface area contributed by atoms with Crippen molar-refractivity contribution in [3.63, 3.8) is 0 Å². The van der Waals surface area contributed by atoms with Crippen LogP contribution in [0.2, 0.25) is 0 Å². The summed E-state index contributed by atoms with van der Waals surface area (Å²) in [7, 11) is 0. The topological polar surface area (TPSA) is 149 Å². The normalized spacial score (nSPS) is 9.25. The second-order valence-corrected chi connectivity index (χ2v) is 6.20. The number of rotatable bonds is 2. The van der Waals surface area contributed by atoms with E-state index < -0.39 is 34.7 Å². The lowest BCUT2D eigenvalue weighted by Gasteiger charge is -2.08. The van der Waals surface area contributed by atoms with Crippen LogP contribution in [-0.2, 0) is 19.2 Å². The number of aliphatic carboxylic acids is 4. The Morgan fingerprint density at radius 3 is 0.708 bits per heavy atom. The highest BCUT2D eigenvalue weighted by Crippen LogP contribution is 2.11. The van der Waals surface area contributed by atoms with E-state index in [1.165, 1.54) is 0 Å². The molecule has 0 aromatic heterocycles. The Morgan fingerprint density at radius 2 is 0.708 bits per heavy atom. The molecule has 0 aliphatic rings. The number of carboxylic acid groups (broad SMARTS) is 4. The van der Waals surface area contributed by atoms with Gasteiger partial charge in [-0.1, -0.05) is 13.2 Å². The van der Waals surface area contributed by atoms with Gasteiger partial charge < -0.3 is 20.4 Å². The minimum Gasteiger partial charge on any atom is -0.481 e. The van der Waals surface area contributed by atoms with Crippen LogP contribution in [0.4, 0.5) is 0 Å². The van der Waals surface area contributed by atoms with E-state index in [0.29, 0.717) is 0 Å². The third-order valence-corrected chi connectivity index (χ3v) is 1.63. The highest BCUT2D eigenvalue weighted by Gasteiger charge is 2.19. The van der Waals surface area contributed by atoms with Crippen molar-refractivity contribution in [3.8, 4) is 0 Å². The Balaban J connectivity index is -0.000000113. The zero-order valence-corrected chi connectivity index (χ0v) is 15.0. The van der Waals surface area contributed by atoms with E-state index in [0.717, 1.165) is 12.2 Å². The largest absolute Gasteiger partial charge is 0.481 e. The monoisotopic (exact) mass is 348 g/mol. The molecule has 8 heteroatoms. The van der Waals surface area contributed by atoms with Crippen LogP contribution in [0.5, 0.6) is 0 Å². The van der Waals surface area contributed by atoms with Crippen LogP contribution >= 0.6 is 0 Å². The highest BCUT2D eigenvalue weighted by molar-refractivity contribution is 5.79. The summed E-state index contributed by atoms with van der Waals surface area (Å²) < 4.78 is 0. The van der Waals surface area contributed by atoms with Crippen molar-refractivity contribution in [3.05, 3.63) is 25.3 Å². The smallest absolute Gasteiger partial charge is 0.327 e.